The Kier molecular flexibility index (Phi) is 4.41. The van der Waals surface area contributed by atoms with Gasteiger partial charge in [-0.05, 0) is 54.2 Å². The topological polar surface area (TPSA) is 20.2 Å². The van der Waals surface area contributed by atoms with Gasteiger partial charge in [-0.25, -0.2) is 0 Å². The van der Waals surface area contributed by atoms with Crippen LogP contribution in [0.4, 0.5) is 0 Å². The second-order valence-electron chi connectivity index (χ2n) is 4.99. The van der Waals surface area contributed by atoms with Crippen LogP contribution < -0.4 is 0 Å². The molecule has 0 heterocycles. The smallest absolute Gasteiger partial charge is 0.119 e. The minimum Gasteiger partial charge on any atom is -0.508 e. The van der Waals surface area contributed by atoms with E-state index in [4.69, 9.17) is 0 Å². The van der Waals surface area contributed by atoms with E-state index in [0.717, 1.165) is 17.5 Å². The van der Waals surface area contributed by atoms with Crippen LogP contribution in [0.15, 0.2) is 61.7 Å². The van der Waals surface area contributed by atoms with Crippen molar-refractivity contribution in [1.29, 1.82) is 0 Å². The summed E-state index contributed by atoms with van der Waals surface area (Å²) in [4.78, 5) is 0. The molecular formula is C19H20O. The maximum atomic E-state index is 9.88. The highest BCUT2D eigenvalue weighted by Gasteiger charge is 2.07. The number of hydrogen-bond donors (Lipinski definition) is 1. The van der Waals surface area contributed by atoms with Crippen molar-refractivity contribution < 1.29 is 5.11 Å². The fourth-order valence-electron chi connectivity index (χ4n) is 2.36. The Balaban J connectivity index is 2.55. The second-order valence-corrected chi connectivity index (χ2v) is 4.99. The van der Waals surface area contributed by atoms with Gasteiger partial charge in [0.15, 0.2) is 0 Å². The van der Waals surface area contributed by atoms with Crippen molar-refractivity contribution in [2.75, 3.05) is 0 Å². The number of rotatable bonds is 5. The maximum Gasteiger partial charge on any atom is 0.119 e. The second kappa shape index (κ2) is 6.25. The van der Waals surface area contributed by atoms with Crippen molar-refractivity contribution in [2.24, 2.45) is 0 Å². The molecule has 0 unspecified atom stereocenters. The van der Waals surface area contributed by atoms with Crippen LogP contribution in [-0.2, 0) is 12.8 Å². The van der Waals surface area contributed by atoms with Crippen LogP contribution >= 0.6 is 0 Å². The molecule has 0 radical (unpaired) electrons. The fraction of sp³-hybridized carbons (Fsp3) is 0.158. The molecule has 0 aliphatic heterocycles. The summed E-state index contributed by atoms with van der Waals surface area (Å²) in [7, 11) is 0. The average molecular weight is 264 g/mol. The summed E-state index contributed by atoms with van der Waals surface area (Å²) in [6.07, 6.45) is 5.23. The lowest BCUT2D eigenvalue weighted by Gasteiger charge is -2.12. The van der Waals surface area contributed by atoms with Crippen molar-refractivity contribution >= 4 is 0 Å². The first-order valence-corrected chi connectivity index (χ1v) is 6.79. The molecular weight excluding hydrogens is 244 g/mol. The minimum absolute atomic E-state index is 0.326. The van der Waals surface area contributed by atoms with Gasteiger partial charge in [0.05, 0.1) is 0 Å². The SMILES string of the molecule is C=CCc1cc(-c2cc(C)ccc2CC=C)ccc1O. The molecule has 1 nitrogen and oxygen atoms in total. The van der Waals surface area contributed by atoms with Gasteiger partial charge in [0.25, 0.3) is 0 Å². The summed E-state index contributed by atoms with van der Waals surface area (Å²) in [5.74, 6) is 0.326. The van der Waals surface area contributed by atoms with Gasteiger partial charge in [-0.15, -0.1) is 13.2 Å². The monoisotopic (exact) mass is 264 g/mol. The van der Waals surface area contributed by atoms with Crippen molar-refractivity contribution in [1.82, 2.24) is 0 Å². The number of aryl methyl sites for hydroxylation is 1. The number of benzene rings is 2. The van der Waals surface area contributed by atoms with Gasteiger partial charge < -0.3 is 5.11 Å². The Hall–Kier alpha value is -2.28. The lowest BCUT2D eigenvalue weighted by atomic mass is 9.94. The predicted molar refractivity (Wildman–Crippen MR) is 86.1 cm³/mol. The fourth-order valence-corrected chi connectivity index (χ4v) is 2.36. The van der Waals surface area contributed by atoms with E-state index < -0.39 is 0 Å². The third-order valence-electron chi connectivity index (χ3n) is 3.38. The molecule has 0 bridgehead atoms. The molecule has 2 aromatic carbocycles. The molecule has 1 N–H and O–H groups in total. The molecule has 0 aliphatic rings. The van der Waals surface area contributed by atoms with E-state index in [1.165, 1.54) is 16.7 Å². The van der Waals surface area contributed by atoms with Crippen LogP contribution in [0.5, 0.6) is 5.75 Å². The quantitative estimate of drug-likeness (QED) is 0.767. The van der Waals surface area contributed by atoms with Crippen LogP contribution in [0.3, 0.4) is 0 Å². The van der Waals surface area contributed by atoms with E-state index in [1.54, 1.807) is 12.1 Å². The van der Waals surface area contributed by atoms with Gasteiger partial charge in [-0.2, -0.15) is 0 Å². The van der Waals surface area contributed by atoms with Gasteiger partial charge in [0.2, 0.25) is 0 Å². The minimum atomic E-state index is 0.326. The molecule has 0 amide bonds. The van der Waals surface area contributed by atoms with Crippen molar-refractivity contribution in [3.8, 4) is 16.9 Å². The van der Waals surface area contributed by atoms with E-state index in [-0.39, 0.29) is 0 Å². The summed E-state index contributed by atoms with van der Waals surface area (Å²) in [6.45, 7) is 9.65. The van der Waals surface area contributed by atoms with E-state index >= 15 is 0 Å². The first-order chi connectivity index (χ1) is 9.65. The first kappa shape index (κ1) is 14.1. The lowest BCUT2D eigenvalue weighted by Crippen LogP contribution is -1.91. The Labute approximate surface area is 120 Å². The molecule has 102 valence electrons. The molecule has 0 saturated carbocycles. The van der Waals surface area contributed by atoms with Crippen LogP contribution in [0.1, 0.15) is 16.7 Å². The van der Waals surface area contributed by atoms with Gasteiger partial charge in [0.1, 0.15) is 5.75 Å². The average Bonchev–Trinajstić information content (AvgIpc) is 2.44. The zero-order chi connectivity index (χ0) is 14.5. The molecule has 2 aromatic rings. The number of allylic oxidation sites excluding steroid dienone is 2. The molecule has 2 rings (SSSR count). The third-order valence-corrected chi connectivity index (χ3v) is 3.38. The van der Waals surface area contributed by atoms with E-state index in [2.05, 4.69) is 38.3 Å². The normalized spacial score (nSPS) is 10.2. The van der Waals surface area contributed by atoms with Gasteiger partial charge in [0, 0.05) is 0 Å². The molecule has 20 heavy (non-hydrogen) atoms. The first-order valence-electron chi connectivity index (χ1n) is 6.79. The molecule has 0 atom stereocenters. The van der Waals surface area contributed by atoms with Crippen LogP contribution in [-0.4, -0.2) is 5.11 Å². The highest BCUT2D eigenvalue weighted by atomic mass is 16.3. The van der Waals surface area contributed by atoms with E-state index in [1.807, 2.05) is 18.2 Å². The van der Waals surface area contributed by atoms with Gasteiger partial charge in [-0.1, -0.05) is 42.0 Å². The maximum absolute atomic E-state index is 9.88. The molecule has 0 aromatic heterocycles. The zero-order valence-corrected chi connectivity index (χ0v) is 11.9. The summed E-state index contributed by atoms with van der Waals surface area (Å²) in [5.41, 5.74) is 5.71. The molecule has 0 saturated heterocycles. The summed E-state index contributed by atoms with van der Waals surface area (Å²) < 4.78 is 0. The standard InChI is InChI=1S/C19H20O/c1-4-6-15-9-8-14(3)12-18(15)16-10-11-19(20)17(13-16)7-5-2/h4-5,8-13,20H,1-2,6-7H2,3H3. The summed E-state index contributed by atoms with van der Waals surface area (Å²) >= 11 is 0. The van der Waals surface area contributed by atoms with Gasteiger partial charge in [-0.3, -0.25) is 0 Å². The van der Waals surface area contributed by atoms with Gasteiger partial charge >= 0.3 is 0 Å². The zero-order valence-electron chi connectivity index (χ0n) is 11.9. The highest BCUT2D eigenvalue weighted by molar-refractivity contribution is 5.70. The number of aromatic hydroxyl groups is 1. The molecule has 0 spiro atoms. The number of hydrogen-bond acceptors (Lipinski definition) is 1. The number of phenols is 1. The predicted octanol–water partition coefficient (Wildman–Crippen LogP) is 4.82. The van der Waals surface area contributed by atoms with E-state index in [9.17, 15) is 5.11 Å². The van der Waals surface area contributed by atoms with Crippen molar-refractivity contribution in [3.05, 3.63) is 78.4 Å². The summed E-state index contributed by atoms with van der Waals surface area (Å²) in [5, 5.41) is 9.88. The largest absolute Gasteiger partial charge is 0.508 e. The Morgan fingerprint density at radius 3 is 2.35 bits per heavy atom. The number of phenolic OH excluding ortho intramolecular Hbond substituents is 1. The van der Waals surface area contributed by atoms with Crippen molar-refractivity contribution in [3.63, 3.8) is 0 Å². The Morgan fingerprint density at radius 1 is 0.950 bits per heavy atom. The molecule has 0 aliphatic carbocycles. The molecule has 1 heteroatoms. The molecule has 0 fully saturated rings. The Morgan fingerprint density at radius 2 is 1.65 bits per heavy atom. The Bertz CT molecular complexity index is 638. The van der Waals surface area contributed by atoms with Crippen molar-refractivity contribution in [2.45, 2.75) is 19.8 Å². The van der Waals surface area contributed by atoms with E-state index in [0.29, 0.717) is 12.2 Å². The van der Waals surface area contributed by atoms with Crippen LogP contribution in [0, 0.1) is 6.92 Å². The highest BCUT2D eigenvalue weighted by Crippen LogP contribution is 2.30. The lowest BCUT2D eigenvalue weighted by molar-refractivity contribution is 0.470. The van der Waals surface area contributed by atoms with Crippen LogP contribution in [0.2, 0.25) is 0 Å². The van der Waals surface area contributed by atoms with Crippen LogP contribution in [0.25, 0.3) is 11.1 Å². The summed E-state index contributed by atoms with van der Waals surface area (Å²) in [6, 6.07) is 12.2. The third kappa shape index (κ3) is 3.00.